The molecule has 0 aliphatic carbocycles. The van der Waals surface area contributed by atoms with Crippen LogP contribution in [0.25, 0.3) is 0 Å². The Kier molecular flexibility index (Phi) is 6.66. The van der Waals surface area contributed by atoms with E-state index >= 15 is 0 Å². The molecule has 33 heavy (non-hydrogen) atoms. The van der Waals surface area contributed by atoms with Crippen LogP contribution in [0.4, 0.5) is 17.1 Å². The summed E-state index contributed by atoms with van der Waals surface area (Å²) in [6, 6.07) is 4.21. The van der Waals surface area contributed by atoms with Gasteiger partial charge in [0.05, 0.1) is 22.5 Å². The topological polar surface area (TPSA) is 145 Å². The minimum atomic E-state index is -0.582. The van der Waals surface area contributed by atoms with E-state index in [1.165, 1.54) is 34.5 Å². The first-order chi connectivity index (χ1) is 15.6. The van der Waals surface area contributed by atoms with E-state index in [-0.39, 0.29) is 23.0 Å². The Morgan fingerprint density at radius 2 is 1.30 bits per heavy atom. The average molecular weight is 454 g/mol. The maximum atomic E-state index is 12.8. The summed E-state index contributed by atoms with van der Waals surface area (Å²) in [5, 5.41) is 19.0. The van der Waals surface area contributed by atoms with Crippen molar-refractivity contribution in [2.75, 3.05) is 17.2 Å². The number of carbonyl (C=O) groups is 3. The zero-order valence-corrected chi connectivity index (χ0v) is 18.4. The third-order valence-electron chi connectivity index (χ3n) is 4.89. The van der Waals surface area contributed by atoms with Crippen LogP contribution in [-0.2, 0) is 21.1 Å². The van der Waals surface area contributed by atoms with Gasteiger partial charge in [0.2, 0.25) is 0 Å². The van der Waals surface area contributed by atoms with Crippen molar-refractivity contribution < 1.29 is 19.3 Å². The van der Waals surface area contributed by atoms with Gasteiger partial charge >= 0.3 is 0 Å². The van der Waals surface area contributed by atoms with Gasteiger partial charge in [0.15, 0.2) is 0 Å². The van der Waals surface area contributed by atoms with Crippen LogP contribution in [0.3, 0.4) is 0 Å². The fourth-order valence-electron chi connectivity index (χ4n) is 3.27. The van der Waals surface area contributed by atoms with Gasteiger partial charge in [0.25, 0.3) is 23.4 Å². The molecule has 0 saturated carbocycles. The summed E-state index contributed by atoms with van der Waals surface area (Å²) in [6.45, 7) is 4.12. The highest BCUT2D eigenvalue weighted by atomic mass is 16.6. The van der Waals surface area contributed by atoms with Crippen LogP contribution in [0.15, 0.2) is 36.8 Å². The molecule has 3 aromatic rings. The van der Waals surface area contributed by atoms with Crippen molar-refractivity contribution in [3.63, 3.8) is 0 Å². The molecule has 0 aromatic carbocycles. The Hall–Kier alpha value is -4.35. The molecule has 3 aromatic heterocycles. The number of amides is 3. The Balaban J connectivity index is 1.71. The van der Waals surface area contributed by atoms with E-state index in [0.29, 0.717) is 30.0 Å². The summed E-state index contributed by atoms with van der Waals surface area (Å²) >= 11 is 0. The summed E-state index contributed by atoms with van der Waals surface area (Å²) in [6.07, 6.45) is 4.97. The number of aromatic nitrogens is 3. The van der Waals surface area contributed by atoms with Crippen molar-refractivity contribution >= 4 is 34.8 Å². The lowest BCUT2D eigenvalue weighted by molar-refractivity contribution is -0.384. The molecule has 0 atom stereocenters. The normalized spacial score (nSPS) is 10.7. The molecular weight excluding hydrogens is 430 g/mol. The summed E-state index contributed by atoms with van der Waals surface area (Å²) in [5.41, 5.74) is 1.33. The molecule has 12 heteroatoms. The van der Waals surface area contributed by atoms with Crippen molar-refractivity contribution in [1.29, 1.82) is 0 Å². The van der Waals surface area contributed by atoms with E-state index in [1.54, 1.807) is 37.1 Å². The standard InChI is InChI=1S/C21H24N7O5/c1-5-6-22-19(29)16-7-13(10-25(16)2)23-20(30)17-8-14(11-26(17)3)24-21(31)18-9-15(28(32)33)12-27(18)4/h7-12H,1,5-6H2,2-4H3,(H,22,29)(H,23,30)(H,24,31). The number of nitro groups is 1. The zero-order valence-electron chi connectivity index (χ0n) is 18.4. The van der Waals surface area contributed by atoms with Gasteiger partial charge in [-0.3, -0.25) is 24.5 Å². The monoisotopic (exact) mass is 454 g/mol. The predicted octanol–water partition coefficient (Wildman–Crippen LogP) is 2.07. The lowest BCUT2D eigenvalue weighted by Gasteiger charge is -2.03. The van der Waals surface area contributed by atoms with Crippen molar-refractivity contribution in [2.24, 2.45) is 21.1 Å². The Morgan fingerprint density at radius 1 is 0.848 bits per heavy atom. The van der Waals surface area contributed by atoms with Crippen LogP contribution in [0.5, 0.6) is 0 Å². The van der Waals surface area contributed by atoms with Crippen molar-refractivity contribution in [3.8, 4) is 0 Å². The Morgan fingerprint density at radius 3 is 1.76 bits per heavy atom. The Labute approximate surface area is 189 Å². The number of aryl methyl sites for hydroxylation is 3. The number of nitrogens with one attached hydrogen (secondary N) is 3. The first-order valence-corrected chi connectivity index (χ1v) is 9.94. The van der Waals surface area contributed by atoms with Crippen molar-refractivity contribution in [2.45, 2.75) is 6.42 Å². The van der Waals surface area contributed by atoms with Gasteiger partial charge in [0, 0.05) is 46.1 Å². The summed E-state index contributed by atoms with van der Waals surface area (Å²) < 4.78 is 4.48. The fraction of sp³-hybridized carbons (Fsp3) is 0.238. The van der Waals surface area contributed by atoms with E-state index in [0.717, 1.165) is 0 Å². The molecule has 3 N–H and O–H groups in total. The van der Waals surface area contributed by atoms with Gasteiger partial charge in [-0.15, -0.1) is 0 Å². The third-order valence-corrected chi connectivity index (χ3v) is 4.89. The molecular formula is C21H24N7O5. The van der Waals surface area contributed by atoms with Crippen molar-refractivity contribution in [3.05, 3.63) is 70.9 Å². The maximum absolute atomic E-state index is 12.8. The molecule has 12 nitrogen and oxygen atoms in total. The molecule has 0 fully saturated rings. The van der Waals surface area contributed by atoms with Crippen LogP contribution < -0.4 is 16.0 Å². The number of anilines is 2. The van der Waals surface area contributed by atoms with Gasteiger partial charge in [-0.2, -0.15) is 0 Å². The van der Waals surface area contributed by atoms with E-state index in [4.69, 9.17) is 0 Å². The molecule has 3 heterocycles. The highest BCUT2D eigenvalue weighted by Crippen LogP contribution is 2.20. The number of hydrogen-bond donors (Lipinski definition) is 3. The second kappa shape index (κ2) is 9.42. The molecule has 0 unspecified atom stereocenters. The second-order valence-corrected chi connectivity index (χ2v) is 7.42. The summed E-state index contributed by atoms with van der Waals surface area (Å²) in [5.74, 6) is -1.27. The second-order valence-electron chi connectivity index (χ2n) is 7.42. The highest BCUT2D eigenvalue weighted by Gasteiger charge is 2.20. The lowest BCUT2D eigenvalue weighted by atomic mass is 10.3. The maximum Gasteiger partial charge on any atom is 0.287 e. The SMILES string of the molecule is [CH2]CCNC(=O)c1cc(NC(=O)c2cc(NC(=O)c3cc([N+](=O)[O-])cn3C)cn2C)cn1C. The first-order valence-electron chi connectivity index (χ1n) is 9.94. The van der Waals surface area contributed by atoms with Gasteiger partial charge in [-0.05, 0) is 18.6 Å². The van der Waals surface area contributed by atoms with Crippen LogP contribution in [0.1, 0.15) is 37.9 Å². The fourth-order valence-corrected chi connectivity index (χ4v) is 3.27. The molecule has 0 saturated heterocycles. The lowest BCUT2D eigenvalue weighted by Crippen LogP contribution is -2.25. The van der Waals surface area contributed by atoms with E-state index in [9.17, 15) is 24.5 Å². The number of nitrogens with zero attached hydrogens (tertiary/aromatic N) is 4. The molecule has 0 spiro atoms. The minimum Gasteiger partial charge on any atom is -0.351 e. The first kappa shape index (κ1) is 23.3. The van der Waals surface area contributed by atoms with E-state index in [1.807, 2.05) is 0 Å². The Bertz CT molecular complexity index is 1230. The summed E-state index contributed by atoms with van der Waals surface area (Å²) in [4.78, 5) is 47.8. The molecule has 3 amide bonds. The molecule has 0 bridgehead atoms. The molecule has 3 rings (SSSR count). The van der Waals surface area contributed by atoms with Crippen LogP contribution in [0.2, 0.25) is 0 Å². The minimum absolute atomic E-state index is 0.102. The third kappa shape index (κ3) is 5.11. The quantitative estimate of drug-likeness (QED) is 0.352. The van der Waals surface area contributed by atoms with Gasteiger partial charge < -0.3 is 29.7 Å². The zero-order chi connectivity index (χ0) is 24.3. The average Bonchev–Trinajstić information content (AvgIpc) is 3.42. The summed E-state index contributed by atoms with van der Waals surface area (Å²) in [7, 11) is 4.86. The predicted molar refractivity (Wildman–Crippen MR) is 121 cm³/mol. The van der Waals surface area contributed by atoms with Gasteiger partial charge in [-0.1, -0.05) is 6.92 Å². The van der Waals surface area contributed by atoms with E-state index in [2.05, 4.69) is 22.9 Å². The highest BCUT2D eigenvalue weighted by molar-refractivity contribution is 6.07. The largest absolute Gasteiger partial charge is 0.351 e. The van der Waals surface area contributed by atoms with Crippen LogP contribution >= 0.6 is 0 Å². The number of hydrogen-bond acceptors (Lipinski definition) is 5. The number of carbonyl (C=O) groups excluding carboxylic acids is 3. The smallest absolute Gasteiger partial charge is 0.287 e. The molecule has 0 aliphatic heterocycles. The van der Waals surface area contributed by atoms with Gasteiger partial charge in [0.1, 0.15) is 17.1 Å². The van der Waals surface area contributed by atoms with Crippen molar-refractivity contribution in [1.82, 2.24) is 19.0 Å². The van der Waals surface area contributed by atoms with E-state index < -0.39 is 16.7 Å². The number of rotatable bonds is 8. The molecule has 0 aliphatic rings. The molecule has 173 valence electrons. The van der Waals surface area contributed by atoms with Crippen LogP contribution in [0, 0.1) is 17.0 Å². The van der Waals surface area contributed by atoms with Gasteiger partial charge in [-0.25, -0.2) is 0 Å². The van der Waals surface area contributed by atoms with Crippen LogP contribution in [-0.4, -0.2) is 42.9 Å². The molecule has 1 radical (unpaired) electrons.